The van der Waals surface area contributed by atoms with Crippen LogP contribution in [0, 0.1) is 0 Å². The molecule has 88 heavy (non-hydrogen) atoms. The average molecular weight is 1270 g/mol. The maximum absolute atomic E-state index is 15.7. The number of amides is 3. The molecule has 0 bridgehead atoms. The number of methoxy groups -OCH3 is 3. The van der Waals surface area contributed by atoms with Gasteiger partial charge in [0.05, 0.1) is 52.6 Å². The smallest absolute Gasteiger partial charge is 0.368 e. The first-order valence-corrected chi connectivity index (χ1v) is 32.5. The summed E-state index contributed by atoms with van der Waals surface area (Å²) in [6, 6.07) is 19.0. The van der Waals surface area contributed by atoms with Gasteiger partial charge in [-0.1, -0.05) is 68.2 Å². The van der Waals surface area contributed by atoms with E-state index in [0.29, 0.717) is 22.3 Å². The molecule has 2 N–H and O–H groups in total. The third-order valence-corrected chi connectivity index (χ3v) is 16.9. The summed E-state index contributed by atoms with van der Waals surface area (Å²) < 4.78 is 78.8. The van der Waals surface area contributed by atoms with E-state index in [4.69, 9.17) is 61.6 Å². The van der Waals surface area contributed by atoms with Gasteiger partial charge in [0.2, 0.25) is 17.7 Å². The second kappa shape index (κ2) is 32.3. The standard InChI is InChI=1S/C60H78N2O24SSi/c1-34(63)61-48-45(83-56(71)42-20-16-14-17-21-42)30-59(57(72)75-9,79-28-29-88(11,12)13)85-52(48)50(70)46(32-77-31-41-24-26-43(74-8)27-25-41)84-60(58(73)76-10)55(87-44-22-18-15-19-23-44)54(82-40(7)69)49(62(35(2)64)36(3)65)53(86-60)51(81-39(6)68)47(80-38(5)67)33-78-37(4)66/h14-27,45-55,70H,28-33H2,1-13H3,(H,61,63)/t45-,46+,47+,48+,49-,50+,51+,52+,53+,54+,55-,59+,60+/m0/s1. The average Bonchev–Trinajstić information content (AvgIpc) is 0.867. The summed E-state index contributed by atoms with van der Waals surface area (Å²) in [7, 11) is 1.42. The Kier molecular flexibility index (Phi) is 26.2. The lowest BCUT2D eigenvalue weighted by Gasteiger charge is -2.55. The van der Waals surface area contributed by atoms with Gasteiger partial charge in [0.15, 0.2) is 12.2 Å². The van der Waals surface area contributed by atoms with Crippen molar-refractivity contribution in [3.63, 3.8) is 0 Å². The molecule has 3 aromatic carbocycles. The quantitative estimate of drug-likeness (QED) is 0.0583. The normalized spacial score (nSPS) is 23.9. The zero-order valence-corrected chi connectivity index (χ0v) is 53.2. The van der Waals surface area contributed by atoms with Crippen LogP contribution in [-0.2, 0) is 107 Å². The number of aliphatic hydroxyl groups is 1. The van der Waals surface area contributed by atoms with Gasteiger partial charge < -0.3 is 72.0 Å². The highest BCUT2D eigenvalue weighted by Gasteiger charge is 2.69. The van der Waals surface area contributed by atoms with Crippen LogP contribution in [0.25, 0.3) is 0 Å². The van der Waals surface area contributed by atoms with Crippen LogP contribution < -0.4 is 10.1 Å². The summed E-state index contributed by atoms with van der Waals surface area (Å²) in [6.45, 7) is 10.9. The molecule has 26 nitrogen and oxygen atoms in total. The number of carbonyl (C=O) groups is 10. The van der Waals surface area contributed by atoms with Crippen molar-refractivity contribution < 1.29 is 115 Å². The van der Waals surface area contributed by atoms with Gasteiger partial charge >= 0.3 is 41.8 Å². The maximum atomic E-state index is 15.7. The van der Waals surface area contributed by atoms with Crippen molar-refractivity contribution in [2.24, 2.45) is 0 Å². The Labute approximate surface area is 515 Å². The van der Waals surface area contributed by atoms with Crippen LogP contribution >= 0.6 is 11.8 Å². The third-order valence-electron chi connectivity index (χ3n) is 13.8. The first-order chi connectivity index (χ1) is 41.5. The zero-order chi connectivity index (χ0) is 65.3. The summed E-state index contributed by atoms with van der Waals surface area (Å²) in [4.78, 5) is 140. The van der Waals surface area contributed by atoms with Crippen molar-refractivity contribution in [1.82, 2.24) is 10.2 Å². The van der Waals surface area contributed by atoms with E-state index >= 15 is 4.79 Å². The summed E-state index contributed by atoms with van der Waals surface area (Å²) in [5.74, 6) is -16.0. The van der Waals surface area contributed by atoms with Crippen molar-refractivity contribution >= 4 is 79.3 Å². The molecule has 2 fully saturated rings. The Morgan fingerprint density at radius 1 is 0.705 bits per heavy atom. The van der Waals surface area contributed by atoms with Crippen LogP contribution in [0.3, 0.4) is 0 Å². The largest absolute Gasteiger partial charge is 0.497 e. The Morgan fingerprint density at radius 3 is 1.83 bits per heavy atom. The van der Waals surface area contributed by atoms with Crippen LogP contribution in [0.5, 0.6) is 5.75 Å². The molecule has 28 heteroatoms. The molecule has 2 heterocycles. The van der Waals surface area contributed by atoms with Crippen molar-refractivity contribution in [2.75, 3.05) is 41.2 Å². The molecule has 2 aliphatic heterocycles. The van der Waals surface area contributed by atoms with Crippen LogP contribution in [0.1, 0.15) is 70.8 Å². The van der Waals surface area contributed by atoms with Crippen molar-refractivity contribution in [1.29, 1.82) is 0 Å². The number of hydrogen-bond acceptors (Lipinski definition) is 25. The predicted molar refractivity (Wildman–Crippen MR) is 311 cm³/mol. The van der Waals surface area contributed by atoms with E-state index in [1.165, 1.54) is 19.2 Å². The van der Waals surface area contributed by atoms with E-state index in [9.17, 15) is 48.3 Å². The molecular formula is C60H78N2O24SSi. The number of esters is 7. The molecule has 0 spiro atoms. The fraction of sp³-hybridized carbons (Fsp3) is 0.533. The summed E-state index contributed by atoms with van der Waals surface area (Å²) in [5.41, 5.74) is 0.557. The number of ether oxygens (including phenoxy) is 13. The molecule has 3 aromatic rings. The number of nitrogens with zero attached hydrogens (tertiary/aromatic N) is 1. The summed E-state index contributed by atoms with van der Waals surface area (Å²) in [5, 5.41) is 14.3. The molecule has 0 aliphatic carbocycles. The number of rotatable bonds is 28. The fourth-order valence-electron chi connectivity index (χ4n) is 9.98. The highest BCUT2D eigenvalue weighted by Crippen LogP contribution is 2.48. The van der Waals surface area contributed by atoms with Gasteiger partial charge in [-0.25, -0.2) is 14.4 Å². The predicted octanol–water partition coefficient (Wildman–Crippen LogP) is 4.25. The molecule has 2 aliphatic rings. The lowest BCUT2D eigenvalue weighted by Crippen LogP contribution is -2.76. The van der Waals surface area contributed by atoms with Crippen molar-refractivity contribution in [3.8, 4) is 5.75 Å². The van der Waals surface area contributed by atoms with E-state index in [-0.39, 0.29) is 23.7 Å². The van der Waals surface area contributed by atoms with Crippen LogP contribution in [0.2, 0.25) is 25.7 Å². The minimum atomic E-state index is -3.25. The van der Waals surface area contributed by atoms with E-state index in [1.54, 1.807) is 72.8 Å². The van der Waals surface area contributed by atoms with Crippen LogP contribution in [0.15, 0.2) is 89.8 Å². The summed E-state index contributed by atoms with van der Waals surface area (Å²) in [6.07, 6.45) is -17.3. The van der Waals surface area contributed by atoms with Crippen LogP contribution in [0.4, 0.5) is 0 Å². The van der Waals surface area contributed by atoms with Gasteiger partial charge in [-0.3, -0.25) is 38.5 Å². The molecule has 0 unspecified atom stereocenters. The number of hydrogen-bond donors (Lipinski definition) is 2. The SMILES string of the molecule is COC(=O)[C@@]1(OCC[Si](C)(C)C)C[C@H](OC(=O)c2ccccc2)[C@@H](NC(C)=O)[C@H]([C@H](O)[C@@H](COCc2ccc(OC)cc2)O[C@@]2(C(=O)OC)O[C@@H]([C@H](OC(C)=O)[C@@H](COC(C)=O)OC(C)=O)[C@H](N(C(C)=O)C(C)=O)[C@@H](OC(C)=O)[C@@H]2Sc2ccccc2)O1. The molecule has 482 valence electrons. The lowest BCUT2D eigenvalue weighted by molar-refractivity contribution is -0.348. The van der Waals surface area contributed by atoms with Gasteiger partial charge in [-0.05, 0) is 48.0 Å². The maximum Gasteiger partial charge on any atom is 0.368 e. The minimum absolute atomic E-state index is 0.0414. The molecule has 0 saturated carbocycles. The first kappa shape index (κ1) is 71.4. The Balaban J connectivity index is 1.93. The number of nitrogens with one attached hydrogen (secondary N) is 1. The van der Waals surface area contributed by atoms with E-state index in [2.05, 4.69) is 5.32 Å². The lowest BCUT2D eigenvalue weighted by atomic mass is 9.85. The summed E-state index contributed by atoms with van der Waals surface area (Å²) >= 11 is 0.718. The van der Waals surface area contributed by atoms with Gasteiger partial charge in [0.25, 0.3) is 11.6 Å². The van der Waals surface area contributed by atoms with E-state index in [1.807, 2.05) is 19.6 Å². The molecule has 5 rings (SSSR count). The molecule has 2 saturated heterocycles. The topological polar surface area (TPSA) is 326 Å². The Morgan fingerprint density at radius 2 is 1.31 bits per heavy atom. The minimum Gasteiger partial charge on any atom is -0.497 e. The highest BCUT2D eigenvalue weighted by atomic mass is 32.2. The fourth-order valence-corrected chi connectivity index (χ4v) is 12.0. The molecule has 0 radical (unpaired) electrons. The monoisotopic (exact) mass is 1270 g/mol. The van der Waals surface area contributed by atoms with Crippen molar-refractivity contribution in [3.05, 3.63) is 96.1 Å². The number of carbonyl (C=O) groups excluding carboxylic acids is 10. The van der Waals surface area contributed by atoms with Gasteiger partial charge in [0.1, 0.15) is 60.3 Å². The number of imide groups is 1. The number of benzene rings is 3. The van der Waals surface area contributed by atoms with Crippen LogP contribution in [-0.4, -0.2) is 196 Å². The number of thioether (sulfide) groups is 1. The second-order valence-electron chi connectivity index (χ2n) is 21.8. The zero-order valence-electron chi connectivity index (χ0n) is 51.4. The number of aliphatic hydroxyl groups excluding tert-OH is 1. The second-order valence-corrected chi connectivity index (χ2v) is 28.7. The molecule has 13 atom stereocenters. The van der Waals surface area contributed by atoms with Gasteiger partial charge in [-0.2, -0.15) is 0 Å². The van der Waals surface area contributed by atoms with Gasteiger partial charge in [0, 0.05) is 68.0 Å². The molecular weight excluding hydrogens is 1190 g/mol. The van der Waals surface area contributed by atoms with E-state index in [0.717, 1.165) is 74.4 Å². The Bertz CT molecular complexity index is 2900. The molecule has 3 amide bonds. The third kappa shape index (κ3) is 19.1. The Hall–Kier alpha value is -7.31. The highest BCUT2D eigenvalue weighted by molar-refractivity contribution is 8.00. The van der Waals surface area contributed by atoms with E-state index < -0.39 is 165 Å². The van der Waals surface area contributed by atoms with Gasteiger partial charge in [-0.15, -0.1) is 11.8 Å². The molecule has 0 aromatic heterocycles. The van der Waals surface area contributed by atoms with Crippen molar-refractivity contribution in [2.45, 2.75) is 170 Å². The first-order valence-electron chi connectivity index (χ1n) is 27.9.